The van der Waals surface area contributed by atoms with Crippen LogP contribution in [0.4, 0.5) is 0 Å². The van der Waals surface area contributed by atoms with Gasteiger partial charge in [0.25, 0.3) is 0 Å². The second-order valence-electron chi connectivity index (χ2n) is 4.85. The highest BCUT2D eigenvalue weighted by Gasteiger charge is 2.08. The Labute approximate surface area is 130 Å². The van der Waals surface area contributed by atoms with E-state index in [0.717, 1.165) is 15.3 Å². The monoisotopic (exact) mass is 347 g/mol. The van der Waals surface area contributed by atoms with Gasteiger partial charge in [-0.3, -0.25) is 0 Å². The molecule has 0 radical (unpaired) electrons. The molecule has 0 aliphatic heterocycles. The van der Waals surface area contributed by atoms with E-state index in [-0.39, 0.29) is 0 Å². The average molecular weight is 348 g/mol. The third kappa shape index (κ3) is 2.74. The summed E-state index contributed by atoms with van der Waals surface area (Å²) in [7, 11) is 0. The molecule has 5 heteroatoms. The lowest BCUT2D eigenvalue weighted by molar-refractivity contribution is 0.865. The molecule has 0 aliphatic carbocycles. The SMILES string of the molecule is CC(C)c1ccc(Sc2nc(Br)cn3ccnc23)cc1. The Morgan fingerprint density at radius 3 is 2.65 bits per heavy atom. The first-order valence-electron chi connectivity index (χ1n) is 6.40. The fourth-order valence-electron chi connectivity index (χ4n) is 1.97. The summed E-state index contributed by atoms with van der Waals surface area (Å²) in [4.78, 5) is 10.1. The number of imidazole rings is 1. The lowest BCUT2D eigenvalue weighted by atomic mass is 10.0. The second-order valence-corrected chi connectivity index (χ2v) is 6.73. The van der Waals surface area contributed by atoms with Crippen molar-refractivity contribution in [2.45, 2.75) is 29.7 Å². The molecule has 0 fully saturated rings. The van der Waals surface area contributed by atoms with Crippen molar-refractivity contribution in [2.75, 3.05) is 0 Å². The van der Waals surface area contributed by atoms with E-state index in [0.29, 0.717) is 5.92 Å². The predicted molar refractivity (Wildman–Crippen MR) is 85.3 cm³/mol. The Balaban J connectivity index is 1.94. The highest BCUT2D eigenvalue weighted by Crippen LogP contribution is 2.30. The van der Waals surface area contributed by atoms with Crippen LogP contribution in [0.2, 0.25) is 0 Å². The van der Waals surface area contributed by atoms with Gasteiger partial charge in [-0.15, -0.1) is 0 Å². The van der Waals surface area contributed by atoms with E-state index in [1.807, 2.05) is 16.8 Å². The Morgan fingerprint density at radius 1 is 1.20 bits per heavy atom. The topological polar surface area (TPSA) is 30.2 Å². The van der Waals surface area contributed by atoms with E-state index in [9.17, 15) is 0 Å². The van der Waals surface area contributed by atoms with Gasteiger partial charge in [0.2, 0.25) is 0 Å². The van der Waals surface area contributed by atoms with E-state index in [1.165, 1.54) is 10.5 Å². The quantitative estimate of drug-likeness (QED) is 0.683. The average Bonchev–Trinajstić information content (AvgIpc) is 2.87. The molecule has 2 heterocycles. The van der Waals surface area contributed by atoms with Crippen molar-refractivity contribution in [1.82, 2.24) is 14.4 Å². The minimum atomic E-state index is 0.553. The first kappa shape index (κ1) is 13.6. The maximum atomic E-state index is 4.52. The van der Waals surface area contributed by atoms with Gasteiger partial charge in [-0.25, -0.2) is 9.97 Å². The Morgan fingerprint density at radius 2 is 1.95 bits per heavy atom. The van der Waals surface area contributed by atoms with Crippen LogP contribution < -0.4 is 0 Å². The van der Waals surface area contributed by atoms with Gasteiger partial charge in [-0.2, -0.15) is 0 Å². The number of hydrogen-bond donors (Lipinski definition) is 0. The van der Waals surface area contributed by atoms with Crippen molar-refractivity contribution in [3.8, 4) is 0 Å². The van der Waals surface area contributed by atoms with Gasteiger partial charge in [0.05, 0.1) is 0 Å². The summed E-state index contributed by atoms with van der Waals surface area (Å²) in [6.07, 6.45) is 5.62. The third-order valence-corrected chi connectivity index (χ3v) is 4.43. The maximum Gasteiger partial charge on any atom is 0.170 e. The molecule has 1 aromatic carbocycles. The molecule has 0 atom stereocenters. The van der Waals surface area contributed by atoms with Gasteiger partial charge in [-0.05, 0) is 39.5 Å². The van der Waals surface area contributed by atoms with Crippen LogP contribution in [-0.2, 0) is 0 Å². The lowest BCUT2D eigenvalue weighted by Gasteiger charge is -2.07. The van der Waals surface area contributed by atoms with E-state index >= 15 is 0 Å². The molecule has 3 aromatic rings. The summed E-state index contributed by atoms with van der Waals surface area (Å²) in [6.45, 7) is 4.40. The highest BCUT2D eigenvalue weighted by molar-refractivity contribution is 9.10. The molecule has 0 amide bonds. The van der Waals surface area contributed by atoms with Crippen molar-refractivity contribution in [3.05, 3.63) is 53.0 Å². The van der Waals surface area contributed by atoms with Gasteiger partial charge >= 0.3 is 0 Å². The molecule has 102 valence electrons. The van der Waals surface area contributed by atoms with Crippen molar-refractivity contribution < 1.29 is 0 Å². The zero-order valence-electron chi connectivity index (χ0n) is 11.2. The van der Waals surface area contributed by atoms with Crippen LogP contribution in [0.5, 0.6) is 0 Å². The normalized spacial score (nSPS) is 11.4. The van der Waals surface area contributed by atoms with Crippen molar-refractivity contribution >= 4 is 33.3 Å². The minimum absolute atomic E-state index is 0.553. The zero-order chi connectivity index (χ0) is 14.1. The summed E-state index contributed by atoms with van der Waals surface area (Å²) in [6, 6.07) is 8.63. The van der Waals surface area contributed by atoms with Crippen LogP contribution in [0.1, 0.15) is 25.3 Å². The third-order valence-electron chi connectivity index (χ3n) is 3.08. The van der Waals surface area contributed by atoms with Crippen LogP contribution in [0.3, 0.4) is 0 Å². The molecule has 0 saturated heterocycles. The van der Waals surface area contributed by atoms with Gasteiger partial charge in [0, 0.05) is 23.5 Å². The summed E-state index contributed by atoms with van der Waals surface area (Å²) >= 11 is 5.07. The van der Waals surface area contributed by atoms with Crippen molar-refractivity contribution in [3.63, 3.8) is 0 Å². The fourth-order valence-corrected chi connectivity index (χ4v) is 3.38. The Hall–Kier alpha value is -1.33. The lowest BCUT2D eigenvalue weighted by Crippen LogP contribution is -1.92. The molecule has 0 bridgehead atoms. The number of aromatic nitrogens is 3. The largest absolute Gasteiger partial charge is 0.302 e. The summed E-state index contributed by atoms with van der Waals surface area (Å²) in [5.41, 5.74) is 2.23. The highest BCUT2D eigenvalue weighted by atomic mass is 79.9. The molecule has 0 saturated carbocycles. The summed E-state index contributed by atoms with van der Waals surface area (Å²) in [5, 5.41) is 0.904. The summed E-state index contributed by atoms with van der Waals surface area (Å²) in [5.74, 6) is 0.553. The number of rotatable bonds is 3. The molecule has 0 N–H and O–H groups in total. The van der Waals surface area contributed by atoms with E-state index in [4.69, 9.17) is 0 Å². The number of fused-ring (bicyclic) bond motifs is 1. The van der Waals surface area contributed by atoms with Gasteiger partial charge < -0.3 is 4.40 Å². The van der Waals surface area contributed by atoms with E-state index in [1.54, 1.807) is 18.0 Å². The zero-order valence-corrected chi connectivity index (χ0v) is 13.6. The Bertz CT molecular complexity index is 734. The Kier molecular flexibility index (Phi) is 3.81. The van der Waals surface area contributed by atoms with Crippen molar-refractivity contribution in [1.29, 1.82) is 0 Å². The molecule has 0 spiro atoms. The van der Waals surface area contributed by atoms with Crippen LogP contribution >= 0.6 is 27.7 Å². The predicted octanol–water partition coefficient (Wildman–Crippen LogP) is 4.77. The molecule has 0 aliphatic rings. The molecular formula is C15H14BrN3S. The number of benzene rings is 1. The molecule has 2 aromatic heterocycles. The molecular weight excluding hydrogens is 334 g/mol. The maximum absolute atomic E-state index is 4.52. The molecule has 3 nitrogen and oxygen atoms in total. The number of halogens is 1. The molecule has 20 heavy (non-hydrogen) atoms. The standard InChI is InChI=1S/C15H14BrN3S/c1-10(2)11-3-5-12(6-4-11)20-15-14-17-7-8-19(14)9-13(16)18-15/h3-10H,1-2H3. The van der Waals surface area contributed by atoms with E-state index in [2.05, 4.69) is 64.0 Å². The van der Waals surface area contributed by atoms with Crippen LogP contribution in [0.25, 0.3) is 5.65 Å². The number of hydrogen-bond acceptors (Lipinski definition) is 3. The van der Waals surface area contributed by atoms with Crippen LogP contribution in [0.15, 0.2) is 57.4 Å². The first-order valence-corrected chi connectivity index (χ1v) is 8.01. The second kappa shape index (κ2) is 5.58. The van der Waals surface area contributed by atoms with Gasteiger partial charge in [0.1, 0.15) is 9.63 Å². The van der Waals surface area contributed by atoms with Crippen LogP contribution in [0, 0.1) is 0 Å². The molecule has 0 unspecified atom stereocenters. The van der Waals surface area contributed by atoms with Gasteiger partial charge in [-0.1, -0.05) is 37.7 Å². The molecule has 3 rings (SSSR count). The van der Waals surface area contributed by atoms with Crippen LogP contribution in [-0.4, -0.2) is 14.4 Å². The fraction of sp³-hybridized carbons (Fsp3) is 0.200. The summed E-state index contributed by atoms with van der Waals surface area (Å²) < 4.78 is 2.78. The van der Waals surface area contributed by atoms with Crippen molar-refractivity contribution in [2.24, 2.45) is 0 Å². The number of nitrogens with zero attached hydrogens (tertiary/aromatic N) is 3. The van der Waals surface area contributed by atoms with Gasteiger partial charge in [0.15, 0.2) is 5.65 Å². The smallest absolute Gasteiger partial charge is 0.170 e. The minimum Gasteiger partial charge on any atom is -0.302 e. The van der Waals surface area contributed by atoms with E-state index < -0.39 is 0 Å². The first-order chi connectivity index (χ1) is 9.63.